The zero-order valence-electron chi connectivity index (χ0n) is 20.0. The number of halogens is 1. The topological polar surface area (TPSA) is 57.6 Å². The molecule has 0 aliphatic carbocycles. The zero-order valence-corrected chi connectivity index (χ0v) is 20.0. The second-order valence-corrected chi connectivity index (χ2v) is 9.84. The third-order valence-electron chi connectivity index (χ3n) is 6.27. The molecule has 3 aromatic carbocycles. The number of hydrogen-bond acceptors (Lipinski definition) is 3. The van der Waals surface area contributed by atoms with Crippen molar-refractivity contribution < 1.29 is 19.1 Å². The molecule has 5 heteroatoms. The summed E-state index contributed by atoms with van der Waals surface area (Å²) in [4.78, 5) is 27.9. The number of aliphatic hydroxyl groups is 1. The number of anilines is 1. The fourth-order valence-corrected chi connectivity index (χ4v) is 4.34. The summed E-state index contributed by atoms with van der Waals surface area (Å²) in [5, 5.41) is 11.5. The first-order chi connectivity index (χ1) is 16.0. The molecule has 0 saturated carbocycles. The number of benzene rings is 3. The third kappa shape index (κ3) is 4.14. The number of rotatable bonds is 3. The van der Waals surface area contributed by atoms with Crippen molar-refractivity contribution in [1.82, 2.24) is 0 Å². The fourth-order valence-electron chi connectivity index (χ4n) is 4.34. The standard InChI is InChI=1S/C29H28FNO3/c1-17-7-6-8-19(15-17)25-24(26(32)23-16-20(29(3,4)5)10-9-18(23)2)27(33)28(34)31(25)22-13-11-21(30)12-14-22/h6-16,25,32H,1-5H3/b26-24+. The summed E-state index contributed by atoms with van der Waals surface area (Å²) in [6, 6.07) is 17.9. The van der Waals surface area contributed by atoms with E-state index in [0.717, 1.165) is 16.7 Å². The Hall–Kier alpha value is -3.73. The molecule has 1 amide bonds. The highest BCUT2D eigenvalue weighted by atomic mass is 19.1. The van der Waals surface area contributed by atoms with Crippen molar-refractivity contribution in [3.05, 3.63) is 106 Å². The van der Waals surface area contributed by atoms with Gasteiger partial charge in [-0.25, -0.2) is 4.39 Å². The SMILES string of the molecule is Cc1cccc(C2/C(=C(\O)c3cc(C(C)(C)C)ccc3C)C(=O)C(=O)N2c2ccc(F)cc2)c1. The number of aryl methyl sites for hydroxylation is 2. The van der Waals surface area contributed by atoms with Gasteiger partial charge in [-0.05, 0) is 66.3 Å². The quantitative estimate of drug-likeness (QED) is 0.283. The Morgan fingerprint density at radius 3 is 2.24 bits per heavy atom. The fraction of sp³-hybridized carbons (Fsp3) is 0.241. The number of carbonyl (C=O) groups excluding carboxylic acids is 2. The minimum absolute atomic E-state index is 0.0223. The molecule has 0 bridgehead atoms. The molecule has 174 valence electrons. The Kier molecular flexibility index (Phi) is 5.90. The number of hydrogen-bond donors (Lipinski definition) is 1. The number of nitrogens with zero attached hydrogens (tertiary/aromatic N) is 1. The summed E-state index contributed by atoms with van der Waals surface area (Å²) in [5.74, 6) is -2.18. The molecule has 1 saturated heterocycles. The van der Waals surface area contributed by atoms with Crippen LogP contribution in [0.2, 0.25) is 0 Å². The van der Waals surface area contributed by atoms with Crippen molar-refractivity contribution in [3.63, 3.8) is 0 Å². The van der Waals surface area contributed by atoms with Crippen LogP contribution in [0.4, 0.5) is 10.1 Å². The molecule has 1 unspecified atom stereocenters. The van der Waals surface area contributed by atoms with Crippen LogP contribution in [0.15, 0.2) is 72.3 Å². The van der Waals surface area contributed by atoms with E-state index in [4.69, 9.17) is 0 Å². The first-order valence-corrected chi connectivity index (χ1v) is 11.2. The molecule has 1 atom stereocenters. The van der Waals surface area contributed by atoms with Gasteiger partial charge in [0.25, 0.3) is 11.7 Å². The van der Waals surface area contributed by atoms with Gasteiger partial charge in [0.15, 0.2) is 0 Å². The highest BCUT2D eigenvalue weighted by Gasteiger charge is 2.47. The monoisotopic (exact) mass is 457 g/mol. The van der Waals surface area contributed by atoms with Gasteiger partial charge in [0, 0.05) is 11.3 Å². The van der Waals surface area contributed by atoms with Crippen molar-refractivity contribution in [2.45, 2.75) is 46.1 Å². The molecule has 3 aromatic rings. The molecule has 0 radical (unpaired) electrons. The Labute approximate surface area is 199 Å². The highest BCUT2D eigenvalue weighted by Crippen LogP contribution is 2.43. The van der Waals surface area contributed by atoms with Crippen molar-refractivity contribution in [3.8, 4) is 0 Å². The Morgan fingerprint density at radius 2 is 1.62 bits per heavy atom. The van der Waals surface area contributed by atoms with E-state index in [2.05, 4.69) is 20.8 Å². The summed E-state index contributed by atoms with van der Waals surface area (Å²) in [6.45, 7) is 9.99. The lowest BCUT2D eigenvalue weighted by Crippen LogP contribution is -2.29. The molecule has 1 heterocycles. The predicted octanol–water partition coefficient (Wildman–Crippen LogP) is 6.37. The van der Waals surface area contributed by atoms with Crippen molar-refractivity contribution >= 4 is 23.1 Å². The van der Waals surface area contributed by atoms with Crippen molar-refractivity contribution in [2.75, 3.05) is 4.90 Å². The summed E-state index contributed by atoms with van der Waals surface area (Å²) in [7, 11) is 0. The maximum atomic E-state index is 13.6. The number of aliphatic hydroxyl groups excluding tert-OH is 1. The lowest BCUT2D eigenvalue weighted by molar-refractivity contribution is -0.132. The Balaban J connectivity index is 1.98. The highest BCUT2D eigenvalue weighted by molar-refractivity contribution is 6.51. The van der Waals surface area contributed by atoms with E-state index < -0.39 is 23.5 Å². The lowest BCUT2D eigenvalue weighted by atomic mass is 9.84. The number of Topliss-reactive ketones (excluding diaryl/α,β-unsaturated/α-hetero) is 1. The maximum Gasteiger partial charge on any atom is 0.300 e. The third-order valence-corrected chi connectivity index (χ3v) is 6.27. The summed E-state index contributed by atoms with van der Waals surface area (Å²) < 4.78 is 13.6. The van der Waals surface area contributed by atoms with Gasteiger partial charge in [-0.3, -0.25) is 14.5 Å². The van der Waals surface area contributed by atoms with Crippen LogP contribution in [0.5, 0.6) is 0 Å². The summed E-state index contributed by atoms with van der Waals surface area (Å²) in [6.07, 6.45) is 0. The van der Waals surface area contributed by atoms with E-state index in [9.17, 15) is 19.1 Å². The van der Waals surface area contributed by atoms with Crippen LogP contribution in [0.25, 0.3) is 5.76 Å². The van der Waals surface area contributed by atoms with E-state index in [1.54, 1.807) is 0 Å². The Morgan fingerprint density at radius 1 is 0.941 bits per heavy atom. The molecule has 0 aromatic heterocycles. The van der Waals surface area contributed by atoms with E-state index in [1.807, 2.05) is 56.3 Å². The van der Waals surface area contributed by atoms with Gasteiger partial charge in [-0.2, -0.15) is 0 Å². The van der Waals surface area contributed by atoms with Gasteiger partial charge < -0.3 is 5.11 Å². The van der Waals surface area contributed by atoms with Gasteiger partial charge >= 0.3 is 0 Å². The molecule has 1 aliphatic heterocycles. The first kappa shape index (κ1) is 23.4. The number of carbonyl (C=O) groups is 2. The minimum atomic E-state index is -0.844. The Bertz CT molecular complexity index is 1320. The molecule has 4 nitrogen and oxygen atoms in total. The second-order valence-electron chi connectivity index (χ2n) is 9.84. The van der Waals surface area contributed by atoms with Gasteiger partial charge in [0.1, 0.15) is 11.6 Å². The van der Waals surface area contributed by atoms with Gasteiger partial charge in [0.05, 0.1) is 11.6 Å². The molecule has 1 aliphatic rings. The second kappa shape index (κ2) is 8.56. The van der Waals surface area contributed by atoms with Crippen LogP contribution < -0.4 is 4.90 Å². The van der Waals surface area contributed by atoms with E-state index in [0.29, 0.717) is 16.8 Å². The van der Waals surface area contributed by atoms with Gasteiger partial charge in [-0.1, -0.05) is 62.7 Å². The van der Waals surface area contributed by atoms with Gasteiger partial charge in [-0.15, -0.1) is 0 Å². The van der Waals surface area contributed by atoms with Gasteiger partial charge in [0.2, 0.25) is 0 Å². The zero-order chi connectivity index (χ0) is 24.8. The average Bonchev–Trinajstić information content (AvgIpc) is 3.04. The average molecular weight is 458 g/mol. The van der Waals surface area contributed by atoms with Crippen LogP contribution in [0, 0.1) is 19.7 Å². The van der Waals surface area contributed by atoms with E-state index in [-0.39, 0.29) is 16.7 Å². The summed E-state index contributed by atoms with van der Waals surface area (Å²) in [5.41, 5.74) is 4.19. The van der Waals surface area contributed by atoms with Crippen molar-refractivity contribution in [2.24, 2.45) is 0 Å². The van der Waals surface area contributed by atoms with Crippen LogP contribution in [-0.4, -0.2) is 16.8 Å². The largest absolute Gasteiger partial charge is 0.507 e. The van der Waals surface area contributed by atoms with Crippen LogP contribution in [0.1, 0.15) is 54.6 Å². The molecular formula is C29H28FNO3. The molecule has 4 rings (SSSR count). The minimum Gasteiger partial charge on any atom is -0.507 e. The molecule has 1 fully saturated rings. The summed E-state index contributed by atoms with van der Waals surface area (Å²) >= 11 is 0. The normalized spacial score (nSPS) is 17.9. The maximum absolute atomic E-state index is 13.6. The molecule has 1 N–H and O–H groups in total. The molecule has 34 heavy (non-hydrogen) atoms. The van der Waals surface area contributed by atoms with Crippen LogP contribution >= 0.6 is 0 Å². The predicted molar refractivity (Wildman–Crippen MR) is 132 cm³/mol. The first-order valence-electron chi connectivity index (χ1n) is 11.2. The van der Waals surface area contributed by atoms with Crippen LogP contribution in [-0.2, 0) is 15.0 Å². The number of ketones is 1. The molecule has 0 spiro atoms. The lowest BCUT2D eigenvalue weighted by Gasteiger charge is -2.26. The smallest absolute Gasteiger partial charge is 0.300 e. The number of amides is 1. The van der Waals surface area contributed by atoms with Crippen LogP contribution in [0.3, 0.4) is 0 Å². The molecular weight excluding hydrogens is 429 g/mol. The van der Waals surface area contributed by atoms with E-state index >= 15 is 0 Å². The van der Waals surface area contributed by atoms with E-state index in [1.165, 1.54) is 29.2 Å². The van der Waals surface area contributed by atoms with Crippen molar-refractivity contribution in [1.29, 1.82) is 0 Å².